The van der Waals surface area contributed by atoms with Gasteiger partial charge in [-0.05, 0) is 18.2 Å². The number of benzene rings is 1. The maximum Gasteiger partial charge on any atom is 0.255 e. The summed E-state index contributed by atoms with van der Waals surface area (Å²) in [6.07, 6.45) is 0.783. The molecule has 0 amide bonds. The largest absolute Gasteiger partial charge is 0.497 e. The Balaban J connectivity index is 1.83. The van der Waals surface area contributed by atoms with E-state index in [2.05, 4.69) is 14.9 Å². The van der Waals surface area contributed by atoms with Gasteiger partial charge in [0.05, 0.1) is 25.5 Å². The molecule has 0 unspecified atom stereocenters. The molecule has 1 N–H and O–H groups in total. The highest BCUT2D eigenvalue weighted by molar-refractivity contribution is 5.40. The van der Waals surface area contributed by atoms with E-state index in [0.29, 0.717) is 13.1 Å². The summed E-state index contributed by atoms with van der Waals surface area (Å²) in [5.74, 6) is 2.62. The minimum atomic E-state index is -0.0176. The Morgan fingerprint density at radius 1 is 1.28 bits per heavy atom. The van der Waals surface area contributed by atoms with Crippen molar-refractivity contribution in [1.82, 2.24) is 14.9 Å². The van der Waals surface area contributed by atoms with Crippen LogP contribution >= 0.6 is 0 Å². The lowest BCUT2D eigenvalue weighted by Crippen LogP contribution is -2.36. The molecule has 0 saturated heterocycles. The average molecular weight is 343 g/mol. The van der Waals surface area contributed by atoms with E-state index in [1.807, 2.05) is 32.0 Å². The van der Waals surface area contributed by atoms with Gasteiger partial charge in [-0.1, -0.05) is 13.8 Å². The van der Waals surface area contributed by atoms with Gasteiger partial charge in [-0.2, -0.15) is 0 Å². The van der Waals surface area contributed by atoms with E-state index in [1.54, 1.807) is 14.2 Å². The Morgan fingerprint density at radius 3 is 2.76 bits per heavy atom. The third kappa shape index (κ3) is 3.69. The van der Waals surface area contributed by atoms with Crippen molar-refractivity contribution in [2.75, 3.05) is 20.8 Å². The van der Waals surface area contributed by atoms with Crippen LogP contribution in [0.5, 0.6) is 11.5 Å². The van der Waals surface area contributed by atoms with Crippen LogP contribution < -0.4 is 15.0 Å². The molecule has 1 aliphatic heterocycles. The van der Waals surface area contributed by atoms with Gasteiger partial charge >= 0.3 is 0 Å². The topological polar surface area (TPSA) is 67.5 Å². The smallest absolute Gasteiger partial charge is 0.255 e. The SMILES string of the molecule is COc1ccc(OC)c(CN2CCc3nc(C(C)C)[nH]c(=O)c3C2)c1. The first-order valence-electron chi connectivity index (χ1n) is 8.57. The minimum absolute atomic E-state index is 0.0176. The van der Waals surface area contributed by atoms with Crippen LogP contribution in [0.25, 0.3) is 0 Å². The highest BCUT2D eigenvalue weighted by atomic mass is 16.5. The second-order valence-corrected chi connectivity index (χ2v) is 6.67. The normalized spacial score (nSPS) is 14.4. The summed E-state index contributed by atoms with van der Waals surface area (Å²) in [5.41, 5.74) is 2.74. The molecular weight excluding hydrogens is 318 g/mol. The quantitative estimate of drug-likeness (QED) is 0.903. The highest BCUT2D eigenvalue weighted by Crippen LogP contribution is 2.27. The van der Waals surface area contributed by atoms with Crippen molar-refractivity contribution in [2.24, 2.45) is 0 Å². The number of nitrogens with one attached hydrogen (secondary N) is 1. The first kappa shape index (κ1) is 17.5. The monoisotopic (exact) mass is 343 g/mol. The van der Waals surface area contributed by atoms with Gasteiger partial charge in [0.15, 0.2) is 0 Å². The molecule has 2 heterocycles. The predicted molar refractivity (Wildman–Crippen MR) is 96.3 cm³/mol. The van der Waals surface area contributed by atoms with E-state index in [-0.39, 0.29) is 11.5 Å². The van der Waals surface area contributed by atoms with Crippen molar-refractivity contribution in [1.29, 1.82) is 0 Å². The second kappa shape index (κ2) is 7.27. The van der Waals surface area contributed by atoms with Gasteiger partial charge in [-0.3, -0.25) is 9.69 Å². The number of H-pyrrole nitrogens is 1. The summed E-state index contributed by atoms with van der Waals surface area (Å²) < 4.78 is 10.8. The zero-order chi connectivity index (χ0) is 18.0. The van der Waals surface area contributed by atoms with Crippen LogP contribution in [0, 0.1) is 0 Å². The van der Waals surface area contributed by atoms with Gasteiger partial charge in [-0.25, -0.2) is 4.98 Å². The zero-order valence-corrected chi connectivity index (χ0v) is 15.3. The molecule has 0 radical (unpaired) electrons. The van der Waals surface area contributed by atoms with Crippen molar-refractivity contribution in [3.05, 3.63) is 51.2 Å². The molecule has 6 heteroatoms. The molecule has 0 atom stereocenters. The molecule has 1 aromatic heterocycles. The Morgan fingerprint density at radius 2 is 2.08 bits per heavy atom. The number of hydrogen-bond donors (Lipinski definition) is 1. The Hall–Kier alpha value is -2.34. The zero-order valence-electron chi connectivity index (χ0n) is 15.3. The summed E-state index contributed by atoms with van der Waals surface area (Å²) in [4.78, 5) is 22.3. The van der Waals surface area contributed by atoms with E-state index in [1.165, 1.54) is 0 Å². The number of aromatic nitrogens is 2. The molecule has 0 fully saturated rings. The number of methoxy groups -OCH3 is 2. The molecule has 1 aromatic carbocycles. The lowest BCUT2D eigenvalue weighted by Gasteiger charge is -2.28. The van der Waals surface area contributed by atoms with Crippen LogP contribution in [0.2, 0.25) is 0 Å². The third-order valence-corrected chi connectivity index (χ3v) is 4.59. The molecular formula is C19H25N3O3. The molecule has 0 saturated carbocycles. The third-order valence-electron chi connectivity index (χ3n) is 4.59. The second-order valence-electron chi connectivity index (χ2n) is 6.67. The van der Waals surface area contributed by atoms with Gasteiger partial charge in [0.1, 0.15) is 17.3 Å². The molecule has 0 spiro atoms. The maximum atomic E-state index is 12.4. The fourth-order valence-electron chi connectivity index (χ4n) is 3.15. The molecule has 134 valence electrons. The molecule has 0 bridgehead atoms. The fraction of sp³-hybridized carbons (Fsp3) is 0.474. The predicted octanol–water partition coefficient (Wildman–Crippen LogP) is 2.47. The van der Waals surface area contributed by atoms with Gasteiger partial charge in [0, 0.05) is 37.5 Å². The van der Waals surface area contributed by atoms with Crippen molar-refractivity contribution < 1.29 is 9.47 Å². The number of aromatic amines is 1. The number of rotatable bonds is 5. The number of ether oxygens (including phenoxy) is 2. The van der Waals surface area contributed by atoms with Crippen LogP contribution in [0.1, 0.15) is 42.4 Å². The molecule has 3 rings (SSSR count). The maximum absolute atomic E-state index is 12.4. The summed E-state index contributed by atoms with van der Waals surface area (Å²) in [5, 5.41) is 0. The van der Waals surface area contributed by atoms with E-state index in [9.17, 15) is 4.79 Å². The van der Waals surface area contributed by atoms with Crippen molar-refractivity contribution in [3.63, 3.8) is 0 Å². The summed E-state index contributed by atoms with van der Waals surface area (Å²) >= 11 is 0. The van der Waals surface area contributed by atoms with Gasteiger partial charge in [0.25, 0.3) is 5.56 Å². The summed E-state index contributed by atoms with van der Waals surface area (Å²) in [7, 11) is 3.32. The first-order chi connectivity index (χ1) is 12.0. The Labute approximate surface area is 147 Å². The number of hydrogen-bond acceptors (Lipinski definition) is 5. The van der Waals surface area contributed by atoms with Gasteiger partial charge in [0.2, 0.25) is 0 Å². The van der Waals surface area contributed by atoms with E-state index in [4.69, 9.17) is 9.47 Å². The van der Waals surface area contributed by atoms with Crippen LogP contribution in [0.15, 0.2) is 23.0 Å². The van der Waals surface area contributed by atoms with E-state index < -0.39 is 0 Å². The number of fused-ring (bicyclic) bond motifs is 1. The average Bonchev–Trinajstić information content (AvgIpc) is 2.61. The molecule has 1 aliphatic rings. The first-order valence-corrected chi connectivity index (χ1v) is 8.57. The van der Waals surface area contributed by atoms with Crippen LogP contribution in [-0.2, 0) is 19.5 Å². The lowest BCUT2D eigenvalue weighted by atomic mass is 10.0. The van der Waals surface area contributed by atoms with Crippen LogP contribution in [0.4, 0.5) is 0 Å². The Bertz CT molecular complexity index is 814. The molecule has 6 nitrogen and oxygen atoms in total. The standard InChI is InChI=1S/C19H25N3O3/c1-12(2)18-20-16-7-8-22(11-15(16)19(23)21-18)10-13-9-14(24-3)5-6-17(13)25-4/h5-6,9,12H,7-8,10-11H2,1-4H3,(H,20,21,23). The fourth-order valence-corrected chi connectivity index (χ4v) is 3.15. The number of nitrogens with zero attached hydrogens (tertiary/aromatic N) is 2. The van der Waals surface area contributed by atoms with Crippen LogP contribution in [0.3, 0.4) is 0 Å². The molecule has 0 aliphatic carbocycles. The molecule has 25 heavy (non-hydrogen) atoms. The summed E-state index contributed by atoms with van der Waals surface area (Å²) in [6, 6.07) is 5.78. The minimum Gasteiger partial charge on any atom is -0.497 e. The van der Waals surface area contributed by atoms with E-state index >= 15 is 0 Å². The van der Waals surface area contributed by atoms with Crippen molar-refractivity contribution >= 4 is 0 Å². The van der Waals surface area contributed by atoms with Gasteiger partial charge < -0.3 is 14.5 Å². The van der Waals surface area contributed by atoms with Gasteiger partial charge in [-0.15, -0.1) is 0 Å². The molecule has 2 aromatic rings. The van der Waals surface area contributed by atoms with E-state index in [0.717, 1.165) is 47.1 Å². The van der Waals surface area contributed by atoms with Crippen molar-refractivity contribution in [2.45, 2.75) is 39.3 Å². The van der Waals surface area contributed by atoms with Crippen molar-refractivity contribution in [3.8, 4) is 11.5 Å². The highest BCUT2D eigenvalue weighted by Gasteiger charge is 2.22. The lowest BCUT2D eigenvalue weighted by molar-refractivity contribution is 0.237. The van der Waals surface area contributed by atoms with Crippen LogP contribution in [-0.4, -0.2) is 35.6 Å². The summed E-state index contributed by atoms with van der Waals surface area (Å²) in [6.45, 7) is 6.23. The Kier molecular flexibility index (Phi) is 5.08.